The number of carbonyl (C=O) groups is 1. The van der Waals surface area contributed by atoms with Gasteiger partial charge in [-0.2, -0.15) is 5.90 Å². The molecule has 1 aromatic rings. The van der Waals surface area contributed by atoms with Crippen LogP contribution in [0.25, 0.3) is 0 Å². The van der Waals surface area contributed by atoms with E-state index in [1.807, 2.05) is 18.2 Å². The van der Waals surface area contributed by atoms with Gasteiger partial charge in [0.15, 0.2) is 0 Å². The van der Waals surface area contributed by atoms with Crippen molar-refractivity contribution in [2.45, 2.75) is 25.2 Å². The molecule has 0 spiro atoms. The summed E-state index contributed by atoms with van der Waals surface area (Å²) in [6.07, 6.45) is 2.91. The number of carbonyl (C=O) groups excluding carboxylic acids is 1. The lowest BCUT2D eigenvalue weighted by atomic mass is 9.83. The Balaban J connectivity index is 2.35. The van der Waals surface area contributed by atoms with Crippen LogP contribution in [0.5, 0.6) is 0 Å². The van der Waals surface area contributed by atoms with Crippen LogP contribution in [0.4, 0.5) is 0 Å². The zero-order chi connectivity index (χ0) is 9.97. The van der Waals surface area contributed by atoms with Gasteiger partial charge in [0, 0.05) is 0 Å². The summed E-state index contributed by atoms with van der Waals surface area (Å²) in [6, 6.07) is 7.98. The molecule has 2 N–H and O–H groups in total. The van der Waals surface area contributed by atoms with E-state index in [9.17, 15) is 4.79 Å². The Morgan fingerprint density at radius 1 is 1.43 bits per heavy atom. The third kappa shape index (κ3) is 1.51. The summed E-state index contributed by atoms with van der Waals surface area (Å²) in [4.78, 5) is 15.7. The average Bonchev–Trinajstić information content (AvgIpc) is 2.27. The first-order chi connectivity index (χ1) is 6.83. The Hall–Kier alpha value is -1.35. The SMILES string of the molecule is NOC(=O)C1CCCc2ccccc21. The molecule has 1 atom stereocenters. The van der Waals surface area contributed by atoms with Crippen LogP contribution in [0, 0.1) is 0 Å². The van der Waals surface area contributed by atoms with Gasteiger partial charge in [0.25, 0.3) is 0 Å². The minimum Gasteiger partial charge on any atom is -0.373 e. The fraction of sp³-hybridized carbons (Fsp3) is 0.364. The van der Waals surface area contributed by atoms with Gasteiger partial charge in [-0.3, -0.25) is 0 Å². The second kappa shape index (κ2) is 3.80. The molecule has 0 saturated carbocycles. The van der Waals surface area contributed by atoms with Crippen LogP contribution in [0.1, 0.15) is 29.9 Å². The molecule has 0 fully saturated rings. The quantitative estimate of drug-likeness (QED) is 0.685. The third-order valence-electron chi connectivity index (χ3n) is 2.77. The second-order valence-corrected chi connectivity index (χ2v) is 3.58. The summed E-state index contributed by atoms with van der Waals surface area (Å²) in [5, 5.41) is 0. The Morgan fingerprint density at radius 2 is 2.21 bits per heavy atom. The van der Waals surface area contributed by atoms with E-state index in [-0.39, 0.29) is 11.9 Å². The molecular weight excluding hydrogens is 178 g/mol. The van der Waals surface area contributed by atoms with Gasteiger partial charge < -0.3 is 4.84 Å². The molecule has 0 aromatic heterocycles. The number of benzene rings is 1. The monoisotopic (exact) mass is 191 g/mol. The molecule has 2 rings (SSSR count). The highest BCUT2D eigenvalue weighted by atomic mass is 16.7. The molecule has 3 nitrogen and oxygen atoms in total. The predicted octanol–water partition coefficient (Wildman–Crippen LogP) is 1.52. The zero-order valence-electron chi connectivity index (χ0n) is 7.90. The summed E-state index contributed by atoms with van der Waals surface area (Å²) in [7, 11) is 0. The predicted molar refractivity (Wildman–Crippen MR) is 52.4 cm³/mol. The van der Waals surface area contributed by atoms with Crippen molar-refractivity contribution < 1.29 is 9.63 Å². The van der Waals surface area contributed by atoms with Crippen molar-refractivity contribution in [3.63, 3.8) is 0 Å². The highest BCUT2D eigenvalue weighted by molar-refractivity contribution is 5.78. The minimum atomic E-state index is -0.322. The Morgan fingerprint density at radius 3 is 3.00 bits per heavy atom. The van der Waals surface area contributed by atoms with E-state index >= 15 is 0 Å². The number of fused-ring (bicyclic) bond motifs is 1. The first-order valence-corrected chi connectivity index (χ1v) is 4.81. The molecule has 0 heterocycles. The van der Waals surface area contributed by atoms with Crippen LogP contribution in [-0.2, 0) is 16.1 Å². The number of hydrogen-bond donors (Lipinski definition) is 1. The molecule has 3 heteroatoms. The van der Waals surface area contributed by atoms with Gasteiger partial charge in [0.1, 0.15) is 0 Å². The van der Waals surface area contributed by atoms with Crippen molar-refractivity contribution in [3.8, 4) is 0 Å². The van der Waals surface area contributed by atoms with Crippen LogP contribution < -0.4 is 5.90 Å². The normalized spacial score (nSPS) is 19.9. The number of hydrogen-bond acceptors (Lipinski definition) is 3. The van der Waals surface area contributed by atoms with Gasteiger partial charge in [-0.05, 0) is 30.4 Å². The molecule has 0 saturated heterocycles. The van der Waals surface area contributed by atoms with E-state index in [1.54, 1.807) is 0 Å². The fourth-order valence-corrected chi connectivity index (χ4v) is 2.08. The lowest BCUT2D eigenvalue weighted by Crippen LogP contribution is -2.22. The van der Waals surface area contributed by atoms with E-state index in [0.717, 1.165) is 24.8 Å². The zero-order valence-corrected chi connectivity index (χ0v) is 7.90. The first-order valence-electron chi connectivity index (χ1n) is 4.81. The van der Waals surface area contributed by atoms with E-state index < -0.39 is 0 Å². The van der Waals surface area contributed by atoms with Crippen molar-refractivity contribution in [2.75, 3.05) is 0 Å². The number of rotatable bonds is 1. The average molecular weight is 191 g/mol. The lowest BCUT2D eigenvalue weighted by Gasteiger charge is -2.22. The number of aryl methyl sites for hydroxylation is 1. The summed E-state index contributed by atoms with van der Waals surface area (Å²) >= 11 is 0. The third-order valence-corrected chi connectivity index (χ3v) is 2.77. The lowest BCUT2D eigenvalue weighted by molar-refractivity contribution is -0.146. The minimum absolute atomic E-state index is 0.162. The molecule has 0 radical (unpaired) electrons. The molecule has 1 aliphatic rings. The highest BCUT2D eigenvalue weighted by Crippen LogP contribution is 2.31. The molecule has 1 aromatic carbocycles. The topological polar surface area (TPSA) is 52.3 Å². The Bertz CT molecular complexity index is 349. The van der Waals surface area contributed by atoms with Crippen LogP contribution in [0.2, 0.25) is 0 Å². The van der Waals surface area contributed by atoms with Crippen molar-refractivity contribution >= 4 is 5.97 Å². The standard InChI is InChI=1S/C11H13NO2/c12-14-11(13)10-7-3-5-8-4-1-2-6-9(8)10/h1-2,4,6,10H,3,5,7,12H2. The second-order valence-electron chi connectivity index (χ2n) is 3.58. The molecule has 0 amide bonds. The van der Waals surface area contributed by atoms with Crippen LogP contribution >= 0.6 is 0 Å². The molecular formula is C11H13NO2. The van der Waals surface area contributed by atoms with Crippen molar-refractivity contribution in [3.05, 3.63) is 35.4 Å². The molecule has 14 heavy (non-hydrogen) atoms. The van der Waals surface area contributed by atoms with Gasteiger partial charge in [0.2, 0.25) is 0 Å². The maximum atomic E-state index is 11.4. The van der Waals surface area contributed by atoms with Crippen LogP contribution in [-0.4, -0.2) is 5.97 Å². The first kappa shape index (κ1) is 9.21. The van der Waals surface area contributed by atoms with E-state index in [1.165, 1.54) is 5.56 Å². The molecule has 1 unspecified atom stereocenters. The van der Waals surface area contributed by atoms with E-state index in [4.69, 9.17) is 5.90 Å². The number of nitrogens with two attached hydrogens (primary N) is 1. The van der Waals surface area contributed by atoms with Crippen molar-refractivity contribution in [1.29, 1.82) is 0 Å². The van der Waals surface area contributed by atoms with Crippen LogP contribution in [0.15, 0.2) is 24.3 Å². The Labute approximate surface area is 82.8 Å². The Kier molecular flexibility index (Phi) is 2.50. The van der Waals surface area contributed by atoms with Crippen LogP contribution in [0.3, 0.4) is 0 Å². The van der Waals surface area contributed by atoms with E-state index in [0.29, 0.717) is 0 Å². The van der Waals surface area contributed by atoms with Gasteiger partial charge >= 0.3 is 5.97 Å². The summed E-state index contributed by atoms with van der Waals surface area (Å²) < 4.78 is 0. The van der Waals surface area contributed by atoms with Crippen molar-refractivity contribution in [2.24, 2.45) is 5.90 Å². The summed E-state index contributed by atoms with van der Waals surface area (Å²) in [5.74, 6) is 4.43. The maximum Gasteiger partial charge on any atom is 0.331 e. The summed E-state index contributed by atoms with van der Waals surface area (Å²) in [5.41, 5.74) is 2.32. The van der Waals surface area contributed by atoms with E-state index in [2.05, 4.69) is 10.9 Å². The largest absolute Gasteiger partial charge is 0.373 e. The van der Waals surface area contributed by atoms with Gasteiger partial charge in [-0.25, -0.2) is 4.79 Å². The van der Waals surface area contributed by atoms with Crippen molar-refractivity contribution in [1.82, 2.24) is 0 Å². The van der Waals surface area contributed by atoms with Gasteiger partial charge in [-0.1, -0.05) is 24.3 Å². The molecule has 0 bridgehead atoms. The fourth-order valence-electron chi connectivity index (χ4n) is 2.08. The molecule has 0 aliphatic heterocycles. The molecule has 1 aliphatic carbocycles. The highest BCUT2D eigenvalue weighted by Gasteiger charge is 2.26. The summed E-state index contributed by atoms with van der Waals surface area (Å²) in [6.45, 7) is 0. The van der Waals surface area contributed by atoms with Gasteiger partial charge in [0.05, 0.1) is 5.92 Å². The smallest absolute Gasteiger partial charge is 0.331 e. The molecule has 74 valence electrons. The maximum absolute atomic E-state index is 11.4. The van der Waals surface area contributed by atoms with Gasteiger partial charge in [-0.15, -0.1) is 0 Å².